The Kier molecular flexibility index (Phi) is 4.90. The molecule has 2 heterocycles. The lowest BCUT2D eigenvalue weighted by Crippen LogP contribution is -2.33. The summed E-state index contributed by atoms with van der Waals surface area (Å²) in [6.45, 7) is 7.02. The van der Waals surface area contributed by atoms with E-state index in [2.05, 4.69) is 30.1 Å². The van der Waals surface area contributed by atoms with E-state index in [4.69, 9.17) is 4.98 Å². The molecule has 0 saturated carbocycles. The van der Waals surface area contributed by atoms with Gasteiger partial charge in [0.2, 0.25) is 0 Å². The number of amides is 1. The number of rotatable bonds is 4. The number of carbonyl (C=O) groups is 1. The van der Waals surface area contributed by atoms with E-state index < -0.39 is 0 Å². The number of benzene rings is 2. The first-order chi connectivity index (χ1) is 13.2. The SMILES string of the molecule is CCc1ccccc1NC(=O)c1c2c(nc3ccccc13)CCN(CC)C2. The fourth-order valence-corrected chi connectivity index (χ4v) is 3.91. The zero-order valence-corrected chi connectivity index (χ0v) is 16.0. The number of anilines is 1. The first kappa shape index (κ1) is 17.7. The fraction of sp³-hybridized carbons (Fsp3) is 0.304. The van der Waals surface area contributed by atoms with Gasteiger partial charge in [-0.2, -0.15) is 0 Å². The number of aryl methyl sites for hydroxylation is 1. The van der Waals surface area contributed by atoms with Crippen LogP contribution in [0.2, 0.25) is 0 Å². The molecule has 0 aliphatic carbocycles. The van der Waals surface area contributed by atoms with E-state index in [1.165, 1.54) is 0 Å². The van der Waals surface area contributed by atoms with Crippen LogP contribution in [0.25, 0.3) is 10.9 Å². The lowest BCUT2D eigenvalue weighted by atomic mass is 9.95. The molecule has 1 aliphatic heterocycles. The van der Waals surface area contributed by atoms with Crippen LogP contribution in [-0.4, -0.2) is 28.9 Å². The maximum Gasteiger partial charge on any atom is 0.256 e. The van der Waals surface area contributed by atoms with Crippen molar-refractivity contribution in [2.24, 2.45) is 0 Å². The second kappa shape index (κ2) is 7.49. The summed E-state index contributed by atoms with van der Waals surface area (Å²) < 4.78 is 0. The molecule has 0 radical (unpaired) electrons. The van der Waals surface area contributed by atoms with Gasteiger partial charge in [0, 0.05) is 41.8 Å². The molecule has 0 bridgehead atoms. The van der Waals surface area contributed by atoms with Gasteiger partial charge in [0.05, 0.1) is 11.1 Å². The van der Waals surface area contributed by atoms with Crippen LogP contribution in [0.1, 0.15) is 41.0 Å². The summed E-state index contributed by atoms with van der Waals surface area (Å²) in [6.07, 6.45) is 1.77. The predicted octanol–water partition coefficient (Wildman–Crippen LogP) is 4.43. The normalized spacial score (nSPS) is 14.1. The molecule has 4 heteroatoms. The summed E-state index contributed by atoms with van der Waals surface area (Å²) in [5.41, 5.74) is 5.85. The molecule has 0 spiro atoms. The van der Waals surface area contributed by atoms with E-state index in [-0.39, 0.29) is 5.91 Å². The molecule has 0 atom stereocenters. The second-order valence-electron chi connectivity index (χ2n) is 7.01. The monoisotopic (exact) mass is 359 g/mol. The van der Waals surface area contributed by atoms with E-state index in [1.807, 2.05) is 42.5 Å². The number of hydrogen-bond acceptors (Lipinski definition) is 3. The van der Waals surface area contributed by atoms with E-state index in [0.29, 0.717) is 0 Å². The number of hydrogen-bond donors (Lipinski definition) is 1. The number of carbonyl (C=O) groups excluding carboxylic acids is 1. The largest absolute Gasteiger partial charge is 0.322 e. The number of fused-ring (bicyclic) bond motifs is 2. The van der Waals surface area contributed by atoms with Crippen molar-refractivity contribution < 1.29 is 4.79 Å². The summed E-state index contributed by atoms with van der Waals surface area (Å²) in [7, 11) is 0. The number of para-hydroxylation sites is 2. The minimum atomic E-state index is -0.0382. The summed E-state index contributed by atoms with van der Waals surface area (Å²) >= 11 is 0. The lowest BCUT2D eigenvalue weighted by Gasteiger charge is -2.29. The highest BCUT2D eigenvalue weighted by molar-refractivity contribution is 6.13. The van der Waals surface area contributed by atoms with Crippen molar-refractivity contribution in [3.63, 3.8) is 0 Å². The van der Waals surface area contributed by atoms with Gasteiger partial charge in [-0.15, -0.1) is 0 Å². The molecule has 2 aromatic carbocycles. The van der Waals surface area contributed by atoms with Crippen molar-refractivity contribution in [1.82, 2.24) is 9.88 Å². The topological polar surface area (TPSA) is 45.2 Å². The number of aromatic nitrogens is 1. The summed E-state index contributed by atoms with van der Waals surface area (Å²) in [4.78, 5) is 20.6. The molecule has 4 nitrogen and oxygen atoms in total. The Labute approximate surface area is 160 Å². The van der Waals surface area contributed by atoms with Crippen LogP contribution in [0, 0.1) is 0 Å². The quantitative estimate of drug-likeness (QED) is 0.750. The van der Waals surface area contributed by atoms with Crippen molar-refractivity contribution in [1.29, 1.82) is 0 Å². The summed E-state index contributed by atoms with van der Waals surface area (Å²) in [5, 5.41) is 4.10. The van der Waals surface area contributed by atoms with Crippen molar-refractivity contribution in [2.75, 3.05) is 18.4 Å². The Morgan fingerprint density at radius 1 is 1.11 bits per heavy atom. The molecule has 3 aromatic rings. The molecular weight excluding hydrogens is 334 g/mol. The third kappa shape index (κ3) is 3.33. The highest BCUT2D eigenvalue weighted by Gasteiger charge is 2.25. The first-order valence-corrected chi connectivity index (χ1v) is 9.73. The van der Waals surface area contributed by atoms with Gasteiger partial charge in [-0.25, -0.2) is 0 Å². The Bertz CT molecular complexity index is 996. The lowest BCUT2D eigenvalue weighted by molar-refractivity contribution is 0.102. The van der Waals surface area contributed by atoms with Gasteiger partial charge in [-0.1, -0.05) is 50.2 Å². The highest BCUT2D eigenvalue weighted by Crippen LogP contribution is 2.29. The van der Waals surface area contributed by atoms with Crippen LogP contribution < -0.4 is 5.32 Å². The third-order valence-corrected chi connectivity index (χ3v) is 5.45. The minimum absolute atomic E-state index is 0.0382. The van der Waals surface area contributed by atoms with Crippen LogP contribution in [0.3, 0.4) is 0 Å². The molecule has 1 N–H and O–H groups in total. The van der Waals surface area contributed by atoms with Crippen molar-refractivity contribution in [3.05, 3.63) is 70.9 Å². The Morgan fingerprint density at radius 2 is 1.89 bits per heavy atom. The fourth-order valence-electron chi connectivity index (χ4n) is 3.91. The van der Waals surface area contributed by atoms with Gasteiger partial charge in [-0.3, -0.25) is 14.7 Å². The average molecular weight is 359 g/mol. The van der Waals surface area contributed by atoms with Crippen LogP contribution in [-0.2, 0) is 19.4 Å². The Balaban J connectivity index is 1.83. The Morgan fingerprint density at radius 3 is 2.70 bits per heavy atom. The van der Waals surface area contributed by atoms with Crippen LogP contribution in [0.4, 0.5) is 5.69 Å². The number of likely N-dealkylation sites (N-methyl/N-ethyl adjacent to an activating group) is 1. The van der Waals surface area contributed by atoms with Crippen LogP contribution >= 0.6 is 0 Å². The molecule has 1 amide bonds. The molecule has 0 unspecified atom stereocenters. The molecule has 0 fully saturated rings. The van der Waals surface area contributed by atoms with Crippen LogP contribution in [0.15, 0.2) is 48.5 Å². The first-order valence-electron chi connectivity index (χ1n) is 9.73. The van der Waals surface area contributed by atoms with Gasteiger partial charge in [0.15, 0.2) is 0 Å². The van der Waals surface area contributed by atoms with E-state index in [0.717, 1.165) is 71.5 Å². The number of pyridine rings is 1. The number of nitrogens with zero attached hydrogens (tertiary/aromatic N) is 2. The van der Waals surface area contributed by atoms with Gasteiger partial charge < -0.3 is 5.32 Å². The molecular formula is C23H25N3O. The predicted molar refractivity (Wildman–Crippen MR) is 110 cm³/mol. The molecule has 4 rings (SSSR count). The van der Waals surface area contributed by atoms with Gasteiger partial charge in [0.1, 0.15) is 0 Å². The van der Waals surface area contributed by atoms with E-state index >= 15 is 0 Å². The van der Waals surface area contributed by atoms with Crippen molar-refractivity contribution in [3.8, 4) is 0 Å². The molecule has 138 valence electrons. The molecule has 0 saturated heterocycles. The second-order valence-corrected chi connectivity index (χ2v) is 7.01. The summed E-state index contributed by atoms with van der Waals surface area (Å²) in [5.74, 6) is -0.0382. The van der Waals surface area contributed by atoms with Crippen molar-refractivity contribution in [2.45, 2.75) is 33.2 Å². The zero-order valence-electron chi connectivity index (χ0n) is 16.0. The van der Waals surface area contributed by atoms with Gasteiger partial charge >= 0.3 is 0 Å². The molecule has 27 heavy (non-hydrogen) atoms. The molecule has 1 aliphatic rings. The maximum absolute atomic E-state index is 13.4. The smallest absolute Gasteiger partial charge is 0.256 e. The maximum atomic E-state index is 13.4. The Hall–Kier alpha value is -2.72. The highest BCUT2D eigenvalue weighted by atomic mass is 16.1. The van der Waals surface area contributed by atoms with Crippen LogP contribution in [0.5, 0.6) is 0 Å². The minimum Gasteiger partial charge on any atom is -0.322 e. The van der Waals surface area contributed by atoms with Gasteiger partial charge in [0.25, 0.3) is 5.91 Å². The zero-order chi connectivity index (χ0) is 18.8. The van der Waals surface area contributed by atoms with Gasteiger partial charge in [-0.05, 0) is 30.7 Å². The summed E-state index contributed by atoms with van der Waals surface area (Å²) in [6, 6.07) is 16.0. The third-order valence-electron chi connectivity index (χ3n) is 5.45. The number of nitrogens with one attached hydrogen (secondary N) is 1. The van der Waals surface area contributed by atoms with Crippen molar-refractivity contribution >= 4 is 22.5 Å². The van der Waals surface area contributed by atoms with E-state index in [1.54, 1.807) is 0 Å². The standard InChI is InChI=1S/C23H25N3O/c1-3-16-9-5-7-11-19(16)25-23(27)22-17-10-6-8-12-20(17)24-21-13-14-26(4-2)15-18(21)22/h5-12H,3-4,13-15H2,1-2H3,(H,25,27). The molecule has 1 aromatic heterocycles. The van der Waals surface area contributed by atoms with E-state index in [9.17, 15) is 4.79 Å². The average Bonchev–Trinajstić information content (AvgIpc) is 2.71.